The molecule has 27 heavy (non-hydrogen) atoms. The molecule has 0 unspecified atom stereocenters. The standard InChI is InChI=1S/C21H17Cl2NO2S/c1-13(25)18-10-16(23)11-19(21(18)26)24-12-14-5-2-3-8-20(14)27-17-7-4-6-15(22)9-17/h2-11,24,26H,12H2,1H3. The van der Waals surface area contributed by atoms with Crippen molar-refractivity contribution in [2.45, 2.75) is 23.3 Å². The summed E-state index contributed by atoms with van der Waals surface area (Å²) in [7, 11) is 0. The minimum atomic E-state index is -0.241. The second-order valence-corrected chi connectivity index (χ2v) is 7.91. The molecule has 3 aromatic rings. The molecule has 0 saturated heterocycles. The van der Waals surface area contributed by atoms with Crippen molar-refractivity contribution in [1.82, 2.24) is 0 Å². The van der Waals surface area contributed by atoms with Gasteiger partial charge in [-0.1, -0.05) is 59.2 Å². The largest absolute Gasteiger partial charge is 0.505 e. The number of hydrogen-bond acceptors (Lipinski definition) is 4. The predicted octanol–water partition coefficient (Wildman–Crippen LogP) is 6.66. The van der Waals surface area contributed by atoms with E-state index in [0.29, 0.717) is 22.3 Å². The Morgan fingerprint density at radius 2 is 1.81 bits per heavy atom. The predicted molar refractivity (Wildman–Crippen MR) is 112 cm³/mol. The van der Waals surface area contributed by atoms with Gasteiger partial charge in [0.15, 0.2) is 5.78 Å². The summed E-state index contributed by atoms with van der Waals surface area (Å²) in [4.78, 5) is 13.8. The monoisotopic (exact) mass is 417 g/mol. The Labute approximate surface area is 172 Å². The Morgan fingerprint density at radius 3 is 2.56 bits per heavy atom. The molecular weight excluding hydrogens is 401 g/mol. The average Bonchev–Trinajstić information content (AvgIpc) is 2.63. The van der Waals surface area contributed by atoms with Gasteiger partial charge in [0.25, 0.3) is 0 Å². The Morgan fingerprint density at radius 1 is 1.04 bits per heavy atom. The number of carbonyl (C=O) groups is 1. The number of hydrogen-bond donors (Lipinski definition) is 2. The van der Waals surface area contributed by atoms with Crippen molar-refractivity contribution in [3.63, 3.8) is 0 Å². The first kappa shape index (κ1) is 19.6. The summed E-state index contributed by atoms with van der Waals surface area (Å²) in [6, 6.07) is 18.7. The van der Waals surface area contributed by atoms with E-state index >= 15 is 0 Å². The SMILES string of the molecule is CC(=O)c1cc(Cl)cc(NCc2ccccc2Sc2cccc(Cl)c2)c1O. The lowest BCUT2D eigenvalue weighted by Gasteiger charge is -2.14. The third-order valence-electron chi connectivity index (χ3n) is 3.92. The molecule has 6 heteroatoms. The van der Waals surface area contributed by atoms with Crippen LogP contribution >= 0.6 is 35.0 Å². The Bertz CT molecular complexity index is 992. The molecule has 3 aromatic carbocycles. The molecule has 3 rings (SSSR count). The molecule has 0 bridgehead atoms. The fraction of sp³-hybridized carbons (Fsp3) is 0.0952. The summed E-state index contributed by atoms with van der Waals surface area (Å²) in [5, 5.41) is 14.6. The first-order chi connectivity index (χ1) is 12.9. The summed E-state index contributed by atoms with van der Waals surface area (Å²) in [5.41, 5.74) is 1.67. The molecule has 3 nitrogen and oxygen atoms in total. The minimum absolute atomic E-state index is 0.0909. The second-order valence-electron chi connectivity index (χ2n) is 5.93. The number of phenolic OH excluding ortho intramolecular Hbond substituents is 1. The highest BCUT2D eigenvalue weighted by Crippen LogP contribution is 2.35. The number of nitrogens with one attached hydrogen (secondary N) is 1. The molecule has 0 aliphatic rings. The molecule has 0 amide bonds. The molecule has 0 saturated carbocycles. The number of benzene rings is 3. The van der Waals surface area contributed by atoms with Crippen LogP contribution in [0.2, 0.25) is 10.0 Å². The number of Topliss-reactive ketones (excluding diaryl/α,β-unsaturated/α-hetero) is 1. The maximum atomic E-state index is 11.7. The quantitative estimate of drug-likeness (QED) is 0.347. The van der Waals surface area contributed by atoms with Crippen molar-refractivity contribution < 1.29 is 9.90 Å². The number of halogens is 2. The average molecular weight is 418 g/mol. The maximum Gasteiger partial charge on any atom is 0.163 e. The summed E-state index contributed by atoms with van der Waals surface area (Å²) in [6.07, 6.45) is 0. The fourth-order valence-electron chi connectivity index (χ4n) is 2.60. The van der Waals surface area contributed by atoms with Gasteiger partial charge in [0.2, 0.25) is 0 Å². The summed E-state index contributed by atoms with van der Waals surface area (Å²) < 4.78 is 0. The summed E-state index contributed by atoms with van der Waals surface area (Å²) >= 11 is 13.8. The fourth-order valence-corrected chi connectivity index (χ4v) is 4.08. The molecule has 0 atom stereocenters. The highest BCUT2D eigenvalue weighted by molar-refractivity contribution is 7.99. The van der Waals surface area contributed by atoms with E-state index < -0.39 is 0 Å². The number of ketones is 1. The van der Waals surface area contributed by atoms with E-state index in [4.69, 9.17) is 23.2 Å². The maximum absolute atomic E-state index is 11.7. The van der Waals surface area contributed by atoms with Crippen LogP contribution in [-0.2, 0) is 6.54 Å². The lowest BCUT2D eigenvalue weighted by Crippen LogP contribution is -2.03. The van der Waals surface area contributed by atoms with Crippen molar-refractivity contribution in [1.29, 1.82) is 0 Å². The lowest BCUT2D eigenvalue weighted by atomic mass is 10.1. The third-order valence-corrected chi connectivity index (χ3v) is 5.48. The molecule has 138 valence electrons. The zero-order chi connectivity index (χ0) is 19.4. The van der Waals surface area contributed by atoms with Gasteiger partial charge < -0.3 is 10.4 Å². The van der Waals surface area contributed by atoms with Crippen molar-refractivity contribution in [2.24, 2.45) is 0 Å². The minimum Gasteiger partial charge on any atom is -0.505 e. The van der Waals surface area contributed by atoms with E-state index in [0.717, 1.165) is 15.4 Å². The highest BCUT2D eigenvalue weighted by atomic mass is 35.5. The number of anilines is 1. The van der Waals surface area contributed by atoms with Crippen LogP contribution in [0.4, 0.5) is 5.69 Å². The molecule has 2 N–H and O–H groups in total. The van der Waals surface area contributed by atoms with Gasteiger partial charge in [-0.25, -0.2) is 0 Å². The van der Waals surface area contributed by atoms with Gasteiger partial charge in [0, 0.05) is 26.4 Å². The van der Waals surface area contributed by atoms with Gasteiger partial charge in [-0.15, -0.1) is 0 Å². The molecule has 0 radical (unpaired) electrons. The van der Waals surface area contributed by atoms with Crippen molar-refractivity contribution in [2.75, 3.05) is 5.32 Å². The molecular formula is C21H17Cl2NO2S. The van der Waals surface area contributed by atoms with Crippen LogP contribution in [0.3, 0.4) is 0 Å². The van der Waals surface area contributed by atoms with Crippen LogP contribution in [0.1, 0.15) is 22.8 Å². The molecule has 0 aliphatic heterocycles. The summed E-state index contributed by atoms with van der Waals surface area (Å²) in [5.74, 6) is -0.332. The first-order valence-corrected chi connectivity index (χ1v) is 9.80. The molecule has 0 aromatic heterocycles. The zero-order valence-electron chi connectivity index (χ0n) is 14.5. The topological polar surface area (TPSA) is 49.3 Å². The highest BCUT2D eigenvalue weighted by Gasteiger charge is 2.13. The Kier molecular flexibility index (Phi) is 6.32. The van der Waals surface area contributed by atoms with Crippen molar-refractivity contribution in [3.8, 4) is 5.75 Å². The smallest absolute Gasteiger partial charge is 0.163 e. The van der Waals surface area contributed by atoms with E-state index in [9.17, 15) is 9.90 Å². The Balaban J connectivity index is 1.82. The van der Waals surface area contributed by atoms with Gasteiger partial charge >= 0.3 is 0 Å². The van der Waals surface area contributed by atoms with Crippen molar-refractivity contribution >= 4 is 46.4 Å². The van der Waals surface area contributed by atoms with Crippen LogP contribution < -0.4 is 5.32 Å². The normalized spacial score (nSPS) is 10.6. The van der Waals surface area contributed by atoms with Crippen LogP contribution in [-0.4, -0.2) is 10.9 Å². The summed E-state index contributed by atoms with van der Waals surface area (Å²) in [6.45, 7) is 1.86. The number of aromatic hydroxyl groups is 1. The van der Waals surface area contributed by atoms with Crippen LogP contribution in [0.25, 0.3) is 0 Å². The number of phenols is 1. The van der Waals surface area contributed by atoms with Crippen LogP contribution in [0.15, 0.2) is 70.5 Å². The van der Waals surface area contributed by atoms with E-state index in [1.807, 2.05) is 48.5 Å². The zero-order valence-corrected chi connectivity index (χ0v) is 16.8. The molecule has 0 spiro atoms. The van der Waals surface area contributed by atoms with E-state index in [1.54, 1.807) is 17.8 Å². The van der Waals surface area contributed by atoms with Gasteiger partial charge in [-0.05, 0) is 48.9 Å². The lowest BCUT2D eigenvalue weighted by molar-refractivity contribution is 0.101. The number of carbonyl (C=O) groups excluding carboxylic acids is 1. The first-order valence-electron chi connectivity index (χ1n) is 8.22. The van der Waals surface area contributed by atoms with Gasteiger partial charge in [-0.2, -0.15) is 0 Å². The van der Waals surface area contributed by atoms with E-state index in [2.05, 4.69) is 5.32 Å². The van der Waals surface area contributed by atoms with E-state index in [-0.39, 0.29) is 17.1 Å². The van der Waals surface area contributed by atoms with E-state index in [1.165, 1.54) is 13.0 Å². The molecule has 0 aliphatic carbocycles. The van der Waals surface area contributed by atoms with Crippen LogP contribution in [0.5, 0.6) is 5.75 Å². The van der Waals surface area contributed by atoms with Gasteiger partial charge in [0.1, 0.15) is 5.75 Å². The Hall–Kier alpha value is -2.14. The second kappa shape index (κ2) is 8.70. The van der Waals surface area contributed by atoms with Gasteiger partial charge in [-0.3, -0.25) is 4.79 Å². The molecule has 0 fully saturated rings. The van der Waals surface area contributed by atoms with Crippen molar-refractivity contribution in [3.05, 3.63) is 81.8 Å². The number of rotatable bonds is 6. The van der Waals surface area contributed by atoms with Gasteiger partial charge in [0.05, 0.1) is 11.3 Å². The van der Waals surface area contributed by atoms with Crippen LogP contribution in [0, 0.1) is 0 Å². The molecule has 0 heterocycles. The third kappa shape index (κ3) is 4.98.